The van der Waals surface area contributed by atoms with Crippen LogP contribution in [0.25, 0.3) is 0 Å². The minimum atomic E-state index is -3.28. The third-order valence-corrected chi connectivity index (χ3v) is 0.319. The first kappa shape index (κ1) is 1.70. The predicted molar refractivity (Wildman–Crippen MR) is 28.7 cm³/mol. The van der Waals surface area contributed by atoms with Gasteiger partial charge in [-0.15, -0.1) is 0 Å². The summed E-state index contributed by atoms with van der Waals surface area (Å²) >= 11 is 0. The van der Waals surface area contributed by atoms with Crippen LogP contribution in [0.5, 0.6) is 0 Å². The molecule has 0 saturated carbocycles. The third-order valence-electron chi connectivity index (χ3n) is 0.319. The van der Waals surface area contributed by atoms with Crippen molar-refractivity contribution in [3.05, 3.63) is 0 Å². The van der Waals surface area contributed by atoms with Gasteiger partial charge in [0, 0.05) is 13.4 Å². The smallest absolute Gasteiger partial charge is 0.329 e. The molecule has 0 unspecified atom stereocenters. The second-order valence-corrected chi connectivity index (χ2v) is 0.909. The molecule has 0 aliphatic carbocycles. The van der Waals surface area contributed by atoms with Crippen LogP contribution in [0, 0.1) is 0 Å². The van der Waals surface area contributed by atoms with Crippen molar-refractivity contribution in [2.45, 2.75) is 13.2 Å². The summed E-state index contributed by atoms with van der Waals surface area (Å²) in [6.07, 6.45) is -3.28. The molecule has 0 aliphatic heterocycles. The number of aliphatic carboxylic acids is 1. The monoisotopic (exact) mass is 125 g/mol. The Morgan fingerprint density at radius 2 is 2.88 bits per heavy atom. The largest absolute Gasteiger partial charge is 0.480 e. The number of carbonyl (C=O) groups is 1. The van der Waals surface area contributed by atoms with Gasteiger partial charge in [-0.05, 0) is 6.37 Å². The Hall–Kier alpha value is -0.570. The quantitative estimate of drug-likeness (QED) is 0.595. The molecule has 3 nitrogen and oxygen atoms in total. The summed E-state index contributed by atoms with van der Waals surface area (Å²) in [4.78, 5) is 10.1. The fourth-order valence-corrected chi connectivity index (χ4v) is 0.134. The van der Waals surface area contributed by atoms with Crippen molar-refractivity contribution in [1.29, 1.82) is 0 Å². The summed E-state index contributed by atoms with van der Waals surface area (Å²) in [6.45, 7) is -7.55. The van der Waals surface area contributed by atoms with Gasteiger partial charge in [0.25, 0.3) is 0 Å². The van der Waals surface area contributed by atoms with Crippen molar-refractivity contribution in [1.82, 2.24) is 0 Å². The molecular weight excluding hydrogens is 108 g/mol. The van der Waals surface area contributed by atoms with Gasteiger partial charge in [0.2, 0.25) is 0 Å². The maximum Gasteiger partial charge on any atom is 0.329 e. The van der Waals surface area contributed by atoms with Crippen LogP contribution < -0.4 is 0 Å². The molecular formula is C5H10O3. The normalized spacial score (nSPS) is 27.2. The highest BCUT2D eigenvalue weighted by Gasteiger charge is 1.92. The van der Waals surface area contributed by atoms with Crippen LogP contribution in [0.4, 0.5) is 0 Å². The number of carboxylic acid groups (broad SMARTS) is 1. The first-order valence-corrected chi connectivity index (χ1v) is 1.77. The van der Waals surface area contributed by atoms with E-state index in [9.17, 15) is 4.79 Å². The fraction of sp³-hybridized carbons (Fsp3) is 0.800. The van der Waals surface area contributed by atoms with E-state index in [1.165, 1.54) is 0 Å². The van der Waals surface area contributed by atoms with Gasteiger partial charge in [0.15, 0.2) is 0 Å². The lowest BCUT2D eigenvalue weighted by Gasteiger charge is -1.94. The zero-order valence-electron chi connectivity index (χ0n) is 11.0. The van der Waals surface area contributed by atoms with E-state index in [1.54, 1.807) is 0 Å². The molecule has 0 bridgehead atoms. The molecule has 0 aromatic heterocycles. The van der Waals surface area contributed by atoms with Gasteiger partial charge >= 0.3 is 5.97 Å². The molecule has 0 fully saturated rings. The van der Waals surface area contributed by atoms with E-state index in [-0.39, 0.29) is 0 Å². The summed E-state index contributed by atoms with van der Waals surface area (Å²) in [7, 11) is 0. The van der Waals surface area contributed by atoms with Gasteiger partial charge in [-0.3, -0.25) is 0 Å². The van der Waals surface area contributed by atoms with Crippen molar-refractivity contribution < 1.29 is 24.2 Å². The Morgan fingerprint density at radius 3 is 3.38 bits per heavy atom. The lowest BCUT2D eigenvalue weighted by atomic mass is 10.5. The molecule has 0 radical (unpaired) electrons. The molecule has 0 heterocycles. The zero-order chi connectivity index (χ0) is 12.5. The number of rotatable bonds is 4. The van der Waals surface area contributed by atoms with Crippen LogP contribution in [-0.2, 0) is 9.53 Å². The summed E-state index contributed by atoms with van der Waals surface area (Å²) in [5.41, 5.74) is 0. The molecule has 0 spiro atoms. The van der Waals surface area contributed by atoms with Crippen molar-refractivity contribution in [2.75, 3.05) is 13.2 Å². The molecule has 48 valence electrons. The van der Waals surface area contributed by atoms with E-state index in [0.29, 0.717) is 0 Å². The van der Waals surface area contributed by atoms with Gasteiger partial charge in [0.1, 0.15) is 6.61 Å². The van der Waals surface area contributed by atoms with Crippen molar-refractivity contribution in [3.63, 3.8) is 0 Å². The van der Waals surface area contributed by atoms with E-state index >= 15 is 0 Å². The predicted octanol–water partition coefficient (Wildman–Crippen LogP) is 0.498. The van der Waals surface area contributed by atoms with Crippen LogP contribution in [0.2, 0.25) is 0 Å². The summed E-state index contributed by atoms with van der Waals surface area (Å²) in [5.74, 6) is -1.51. The van der Waals surface area contributed by atoms with Gasteiger partial charge < -0.3 is 9.84 Å². The Labute approximate surface area is 58.1 Å². The zero-order valence-corrected chi connectivity index (χ0v) is 3.97. The Morgan fingerprint density at radius 1 is 2.12 bits per heavy atom. The first-order valence-electron chi connectivity index (χ1n) is 5.27. The highest BCUT2D eigenvalue weighted by Crippen LogP contribution is 1.78. The minimum absolute atomic E-state index is 1.11. The SMILES string of the molecule is [2H]C([2H])([2H])C([2H])([2H])C([2H])([2H])OCC(=O)O. The molecule has 0 aliphatic rings. The highest BCUT2D eigenvalue weighted by atomic mass is 16.5. The first-order chi connectivity index (χ1) is 6.42. The van der Waals surface area contributed by atoms with Gasteiger partial charge in [-0.2, -0.15) is 0 Å². The fourth-order valence-electron chi connectivity index (χ4n) is 0.134. The Kier molecular flexibility index (Phi) is 0.976. The van der Waals surface area contributed by atoms with E-state index < -0.39 is 32.4 Å². The van der Waals surface area contributed by atoms with Crippen LogP contribution in [-0.4, -0.2) is 24.2 Å². The molecule has 0 rings (SSSR count). The van der Waals surface area contributed by atoms with Crippen LogP contribution in [0.15, 0.2) is 0 Å². The second-order valence-electron chi connectivity index (χ2n) is 0.909. The van der Waals surface area contributed by atoms with E-state index in [0.717, 1.165) is 0 Å². The average Bonchev–Trinajstić information content (AvgIpc) is 1.98. The van der Waals surface area contributed by atoms with Gasteiger partial charge in [0.05, 0.1) is 2.74 Å². The molecule has 3 heteroatoms. The van der Waals surface area contributed by atoms with E-state index in [1.807, 2.05) is 0 Å². The van der Waals surface area contributed by atoms with Crippen LogP contribution in [0.1, 0.15) is 22.8 Å². The Balaban J connectivity index is 4.77. The number of hydrogen-bond acceptors (Lipinski definition) is 2. The second kappa shape index (κ2) is 4.59. The van der Waals surface area contributed by atoms with E-state index in [4.69, 9.17) is 14.7 Å². The van der Waals surface area contributed by atoms with Gasteiger partial charge in [-0.1, -0.05) is 6.85 Å². The number of hydrogen-bond donors (Lipinski definition) is 1. The number of carboxylic acids is 1. The maximum atomic E-state index is 10.1. The molecule has 0 atom stereocenters. The van der Waals surface area contributed by atoms with Crippen LogP contribution >= 0.6 is 0 Å². The van der Waals surface area contributed by atoms with Crippen molar-refractivity contribution >= 4 is 5.97 Å². The Bertz CT molecular complexity index is 246. The lowest BCUT2D eigenvalue weighted by molar-refractivity contribution is -0.142. The molecule has 0 aromatic carbocycles. The molecule has 0 aromatic rings. The van der Waals surface area contributed by atoms with Crippen molar-refractivity contribution in [2.24, 2.45) is 0 Å². The van der Waals surface area contributed by atoms with Gasteiger partial charge in [-0.25, -0.2) is 4.79 Å². The molecule has 0 amide bonds. The summed E-state index contributed by atoms with van der Waals surface area (Å²) in [6, 6.07) is 0. The number of ether oxygens (including phenoxy) is 1. The maximum absolute atomic E-state index is 10.1. The molecule has 1 N–H and O–H groups in total. The minimum Gasteiger partial charge on any atom is -0.480 e. The molecule has 0 saturated heterocycles. The summed E-state index contributed by atoms with van der Waals surface area (Å²) < 4.78 is 52.5. The standard InChI is InChI=1S/C5H10O3/c1-2-3-8-4-5(6)7/h2-4H2,1H3,(H,6,7)/i1D3,2D2,3D2. The lowest BCUT2D eigenvalue weighted by Crippen LogP contribution is -2.06. The third kappa shape index (κ3) is 5.43. The van der Waals surface area contributed by atoms with Crippen LogP contribution in [0.3, 0.4) is 0 Å². The molecule has 8 heavy (non-hydrogen) atoms. The topological polar surface area (TPSA) is 46.5 Å². The van der Waals surface area contributed by atoms with Crippen molar-refractivity contribution in [3.8, 4) is 0 Å². The van der Waals surface area contributed by atoms with E-state index in [2.05, 4.69) is 4.74 Å². The summed E-state index contributed by atoms with van der Waals surface area (Å²) in [5, 5.41) is 8.19. The average molecular weight is 125 g/mol. The highest BCUT2D eigenvalue weighted by molar-refractivity contribution is 5.67.